The van der Waals surface area contributed by atoms with E-state index in [9.17, 15) is 9.18 Å². The molecule has 3 aromatic rings. The lowest BCUT2D eigenvalue weighted by Gasteiger charge is -2.09. The third kappa shape index (κ3) is 2.60. The van der Waals surface area contributed by atoms with Crippen LogP contribution in [0.2, 0.25) is 0 Å². The second kappa shape index (κ2) is 5.32. The maximum absolute atomic E-state index is 13.2. The van der Waals surface area contributed by atoms with Gasteiger partial charge in [-0.1, -0.05) is 24.3 Å². The van der Waals surface area contributed by atoms with E-state index in [4.69, 9.17) is 0 Å². The van der Waals surface area contributed by atoms with Gasteiger partial charge in [0, 0.05) is 17.1 Å². The van der Waals surface area contributed by atoms with Crippen LogP contribution in [0.25, 0.3) is 10.9 Å². The molecular formula is C17H13FN2O. The number of para-hydroxylation sites is 1. The highest BCUT2D eigenvalue weighted by Crippen LogP contribution is 2.24. The van der Waals surface area contributed by atoms with E-state index in [2.05, 4.69) is 10.3 Å². The van der Waals surface area contributed by atoms with Gasteiger partial charge in [0.05, 0.1) is 11.2 Å². The summed E-state index contributed by atoms with van der Waals surface area (Å²) in [7, 11) is 0. The molecule has 0 bridgehead atoms. The zero-order chi connectivity index (χ0) is 14.8. The Morgan fingerprint density at radius 2 is 1.95 bits per heavy atom. The van der Waals surface area contributed by atoms with E-state index in [0.717, 1.165) is 16.5 Å². The third-order valence-electron chi connectivity index (χ3n) is 3.31. The fourth-order valence-corrected chi connectivity index (χ4v) is 2.26. The van der Waals surface area contributed by atoms with Crippen molar-refractivity contribution in [3.05, 3.63) is 71.7 Å². The van der Waals surface area contributed by atoms with Gasteiger partial charge in [-0.15, -0.1) is 0 Å². The summed E-state index contributed by atoms with van der Waals surface area (Å²) >= 11 is 0. The van der Waals surface area contributed by atoms with Gasteiger partial charge in [-0.05, 0) is 36.8 Å². The standard InChI is InChI=1S/C17H13FN2O/c1-11-4-2-7-14-15(8-9-19-16(11)14)20-17(21)12-5-3-6-13(18)10-12/h2-10H,1H3,(H,19,20,21). The molecule has 1 amide bonds. The number of carbonyl (C=O) groups is 1. The van der Waals surface area contributed by atoms with Crippen molar-refractivity contribution in [2.75, 3.05) is 5.32 Å². The minimum atomic E-state index is -0.432. The summed E-state index contributed by atoms with van der Waals surface area (Å²) in [4.78, 5) is 16.5. The summed E-state index contributed by atoms with van der Waals surface area (Å²) in [5, 5.41) is 3.67. The first-order chi connectivity index (χ1) is 10.1. The number of nitrogens with zero attached hydrogens (tertiary/aromatic N) is 1. The average molecular weight is 280 g/mol. The Kier molecular flexibility index (Phi) is 3.36. The lowest BCUT2D eigenvalue weighted by molar-refractivity contribution is 0.102. The SMILES string of the molecule is Cc1cccc2c(NC(=O)c3cccc(F)c3)ccnc12. The Morgan fingerprint density at radius 1 is 1.14 bits per heavy atom. The molecule has 3 nitrogen and oxygen atoms in total. The molecule has 0 atom stereocenters. The average Bonchev–Trinajstić information content (AvgIpc) is 2.48. The van der Waals surface area contributed by atoms with Crippen molar-refractivity contribution >= 4 is 22.5 Å². The van der Waals surface area contributed by atoms with Crippen molar-refractivity contribution in [2.45, 2.75) is 6.92 Å². The lowest BCUT2D eigenvalue weighted by Crippen LogP contribution is -2.12. The molecule has 0 aliphatic heterocycles. The van der Waals surface area contributed by atoms with Gasteiger partial charge in [0.2, 0.25) is 0 Å². The monoisotopic (exact) mass is 280 g/mol. The number of aromatic nitrogens is 1. The van der Waals surface area contributed by atoms with Gasteiger partial charge in [-0.25, -0.2) is 4.39 Å². The predicted octanol–water partition coefficient (Wildman–Crippen LogP) is 3.93. The Hall–Kier alpha value is -2.75. The number of fused-ring (bicyclic) bond motifs is 1. The van der Waals surface area contributed by atoms with E-state index in [1.54, 1.807) is 18.3 Å². The number of benzene rings is 2. The van der Waals surface area contributed by atoms with Crippen LogP contribution in [-0.4, -0.2) is 10.9 Å². The van der Waals surface area contributed by atoms with Crippen LogP contribution >= 0.6 is 0 Å². The van der Waals surface area contributed by atoms with Gasteiger partial charge >= 0.3 is 0 Å². The first kappa shape index (κ1) is 13.2. The van der Waals surface area contributed by atoms with Crippen LogP contribution in [0.3, 0.4) is 0 Å². The molecule has 0 spiro atoms. The molecule has 0 aliphatic carbocycles. The number of aryl methyl sites for hydroxylation is 1. The summed E-state index contributed by atoms with van der Waals surface area (Å²) < 4.78 is 13.2. The van der Waals surface area contributed by atoms with Gasteiger partial charge in [0.15, 0.2) is 0 Å². The molecule has 1 heterocycles. The number of carbonyl (C=O) groups excluding carboxylic acids is 1. The number of rotatable bonds is 2. The molecule has 0 saturated carbocycles. The lowest BCUT2D eigenvalue weighted by atomic mass is 10.1. The van der Waals surface area contributed by atoms with Crippen LogP contribution in [0.5, 0.6) is 0 Å². The van der Waals surface area contributed by atoms with Crippen LogP contribution in [-0.2, 0) is 0 Å². The number of hydrogen-bond acceptors (Lipinski definition) is 2. The van der Waals surface area contributed by atoms with E-state index in [1.165, 1.54) is 18.2 Å². The predicted molar refractivity (Wildman–Crippen MR) is 80.8 cm³/mol. The smallest absolute Gasteiger partial charge is 0.255 e. The van der Waals surface area contributed by atoms with Gasteiger partial charge in [-0.2, -0.15) is 0 Å². The molecule has 0 unspecified atom stereocenters. The maximum Gasteiger partial charge on any atom is 0.255 e. The number of amides is 1. The van der Waals surface area contributed by atoms with Crippen molar-refractivity contribution in [1.82, 2.24) is 4.98 Å². The van der Waals surface area contributed by atoms with Crippen LogP contribution < -0.4 is 5.32 Å². The Bertz CT molecular complexity index is 830. The van der Waals surface area contributed by atoms with Gasteiger partial charge in [-0.3, -0.25) is 9.78 Å². The van der Waals surface area contributed by atoms with Gasteiger partial charge in [0.1, 0.15) is 5.82 Å². The third-order valence-corrected chi connectivity index (χ3v) is 3.31. The Labute approximate surface area is 121 Å². The molecule has 0 radical (unpaired) electrons. The Morgan fingerprint density at radius 3 is 2.76 bits per heavy atom. The van der Waals surface area contributed by atoms with Crippen molar-refractivity contribution in [3.8, 4) is 0 Å². The van der Waals surface area contributed by atoms with Crippen LogP contribution in [0.1, 0.15) is 15.9 Å². The second-order valence-corrected chi connectivity index (χ2v) is 4.79. The molecule has 3 rings (SSSR count). The first-order valence-electron chi connectivity index (χ1n) is 6.56. The fraction of sp³-hybridized carbons (Fsp3) is 0.0588. The van der Waals surface area contributed by atoms with Crippen LogP contribution in [0.4, 0.5) is 10.1 Å². The van der Waals surface area contributed by atoms with Crippen molar-refractivity contribution in [1.29, 1.82) is 0 Å². The van der Waals surface area contributed by atoms with Crippen LogP contribution in [0.15, 0.2) is 54.7 Å². The molecule has 4 heteroatoms. The summed E-state index contributed by atoms with van der Waals surface area (Å²) in [6.45, 7) is 1.97. The highest BCUT2D eigenvalue weighted by atomic mass is 19.1. The highest BCUT2D eigenvalue weighted by Gasteiger charge is 2.10. The fourth-order valence-electron chi connectivity index (χ4n) is 2.26. The summed E-state index contributed by atoms with van der Waals surface area (Å²) in [6.07, 6.45) is 1.65. The number of halogens is 1. The van der Waals surface area contributed by atoms with E-state index in [-0.39, 0.29) is 11.5 Å². The number of nitrogens with one attached hydrogen (secondary N) is 1. The number of hydrogen-bond donors (Lipinski definition) is 1. The number of anilines is 1. The van der Waals surface area contributed by atoms with Gasteiger partial charge < -0.3 is 5.32 Å². The summed E-state index contributed by atoms with van der Waals surface area (Å²) in [5.41, 5.74) is 2.83. The second-order valence-electron chi connectivity index (χ2n) is 4.79. The molecule has 2 aromatic carbocycles. The molecule has 0 fully saturated rings. The first-order valence-corrected chi connectivity index (χ1v) is 6.56. The zero-order valence-electron chi connectivity index (χ0n) is 11.4. The van der Waals surface area contributed by atoms with Crippen LogP contribution in [0, 0.1) is 12.7 Å². The Balaban J connectivity index is 1.99. The molecule has 0 saturated heterocycles. The number of pyridine rings is 1. The maximum atomic E-state index is 13.2. The zero-order valence-corrected chi connectivity index (χ0v) is 11.4. The van der Waals surface area contributed by atoms with E-state index >= 15 is 0 Å². The molecule has 1 aromatic heterocycles. The quantitative estimate of drug-likeness (QED) is 0.772. The molecule has 0 aliphatic rings. The van der Waals surface area contributed by atoms with Crippen molar-refractivity contribution < 1.29 is 9.18 Å². The minimum absolute atomic E-state index is 0.285. The van der Waals surface area contributed by atoms with E-state index in [0.29, 0.717) is 5.69 Å². The highest BCUT2D eigenvalue weighted by molar-refractivity contribution is 6.08. The van der Waals surface area contributed by atoms with Crippen molar-refractivity contribution in [3.63, 3.8) is 0 Å². The molecular weight excluding hydrogens is 267 g/mol. The molecule has 104 valence electrons. The largest absolute Gasteiger partial charge is 0.321 e. The summed E-state index contributed by atoms with van der Waals surface area (Å²) in [6, 6.07) is 13.1. The van der Waals surface area contributed by atoms with Crippen molar-refractivity contribution in [2.24, 2.45) is 0 Å². The molecule has 21 heavy (non-hydrogen) atoms. The van der Waals surface area contributed by atoms with Gasteiger partial charge in [0.25, 0.3) is 5.91 Å². The topological polar surface area (TPSA) is 42.0 Å². The summed E-state index contributed by atoms with van der Waals surface area (Å²) in [5.74, 6) is -0.776. The van der Waals surface area contributed by atoms with E-state index < -0.39 is 5.82 Å². The normalized spacial score (nSPS) is 10.6. The van der Waals surface area contributed by atoms with E-state index in [1.807, 2.05) is 25.1 Å². The minimum Gasteiger partial charge on any atom is -0.321 e. The molecule has 1 N–H and O–H groups in total.